The molecule has 2 aromatic rings. The van der Waals surface area contributed by atoms with E-state index >= 15 is 0 Å². The molecule has 2 fully saturated rings. The number of nitriles is 1. The van der Waals surface area contributed by atoms with Gasteiger partial charge in [0.2, 0.25) is 0 Å². The van der Waals surface area contributed by atoms with Crippen LogP contribution in [0.5, 0.6) is 0 Å². The van der Waals surface area contributed by atoms with E-state index in [9.17, 15) is 14.9 Å². The molecular formula is C16H12BrN5O2S. The van der Waals surface area contributed by atoms with E-state index in [1.165, 1.54) is 16.2 Å². The van der Waals surface area contributed by atoms with Crippen molar-refractivity contribution < 1.29 is 9.59 Å². The molecular weight excluding hydrogens is 406 g/mol. The molecule has 3 amide bonds. The normalized spacial score (nSPS) is 18.1. The van der Waals surface area contributed by atoms with Gasteiger partial charge in [0.25, 0.3) is 5.91 Å². The molecule has 0 N–H and O–H groups in total. The van der Waals surface area contributed by atoms with Crippen molar-refractivity contribution in [2.24, 2.45) is 0 Å². The number of amides is 3. The number of hydrogen-bond donors (Lipinski definition) is 0. The highest BCUT2D eigenvalue weighted by atomic mass is 79.9. The summed E-state index contributed by atoms with van der Waals surface area (Å²) in [6.07, 6.45) is 1.32. The number of benzene rings is 1. The van der Waals surface area contributed by atoms with Crippen molar-refractivity contribution in [3.8, 4) is 6.07 Å². The minimum absolute atomic E-state index is 0.111. The van der Waals surface area contributed by atoms with Crippen LogP contribution in [0.2, 0.25) is 0 Å². The largest absolute Gasteiger partial charge is 0.328 e. The average Bonchev–Trinajstić information content (AvgIpc) is 3.28. The molecule has 0 radical (unpaired) electrons. The van der Waals surface area contributed by atoms with E-state index in [4.69, 9.17) is 0 Å². The summed E-state index contributed by atoms with van der Waals surface area (Å²) >= 11 is 4.60. The predicted octanol–water partition coefficient (Wildman–Crippen LogP) is 2.67. The quantitative estimate of drug-likeness (QED) is 0.713. The van der Waals surface area contributed by atoms with Crippen LogP contribution in [0.3, 0.4) is 0 Å². The standard InChI is InChI=1S/C16H12BrN5O2S/c17-14-20-19-12(25-14)9-22-15(24)21(13(23)16(22)5-6-16)8-11-4-2-1-3-10(11)7-18/h1-4H,5-6,8-9H2. The van der Waals surface area contributed by atoms with E-state index in [1.807, 2.05) is 0 Å². The van der Waals surface area contributed by atoms with Gasteiger partial charge in [-0.15, -0.1) is 10.2 Å². The molecule has 0 unspecified atom stereocenters. The maximum absolute atomic E-state index is 12.9. The summed E-state index contributed by atoms with van der Waals surface area (Å²) < 4.78 is 0.644. The first kappa shape index (κ1) is 16.2. The van der Waals surface area contributed by atoms with Crippen LogP contribution in [0.25, 0.3) is 0 Å². The first-order chi connectivity index (χ1) is 12.0. The average molecular weight is 418 g/mol. The lowest BCUT2D eigenvalue weighted by atomic mass is 10.1. The maximum Gasteiger partial charge on any atom is 0.328 e. The Morgan fingerprint density at radius 3 is 2.64 bits per heavy atom. The highest BCUT2D eigenvalue weighted by Gasteiger charge is 2.64. The zero-order valence-electron chi connectivity index (χ0n) is 13.0. The monoisotopic (exact) mass is 417 g/mol. The van der Waals surface area contributed by atoms with Gasteiger partial charge in [-0.2, -0.15) is 5.26 Å². The van der Waals surface area contributed by atoms with Crippen LogP contribution in [0.1, 0.15) is 29.0 Å². The molecule has 1 aliphatic heterocycles. The Labute approximate surface area is 156 Å². The molecule has 0 bridgehead atoms. The van der Waals surface area contributed by atoms with Gasteiger partial charge in [-0.1, -0.05) is 29.5 Å². The first-order valence-corrected chi connectivity index (χ1v) is 9.25. The SMILES string of the molecule is N#Cc1ccccc1CN1C(=O)N(Cc2nnc(Br)s2)C2(CC2)C1=O. The molecule has 2 aliphatic rings. The molecule has 0 atom stereocenters. The summed E-state index contributed by atoms with van der Waals surface area (Å²) in [5.74, 6) is -0.186. The fraction of sp³-hybridized carbons (Fsp3) is 0.312. The van der Waals surface area contributed by atoms with E-state index in [-0.39, 0.29) is 25.0 Å². The fourth-order valence-corrected chi connectivity index (χ4v) is 4.30. The number of carbonyl (C=O) groups excluding carboxylic acids is 2. The van der Waals surface area contributed by atoms with Gasteiger partial charge in [-0.25, -0.2) is 4.79 Å². The van der Waals surface area contributed by atoms with Gasteiger partial charge in [-0.05, 0) is 40.4 Å². The first-order valence-electron chi connectivity index (χ1n) is 7.64. The van der Waals surface area contributed by atoms with E-state index in [2.05, 4.69) is 32.2 Å². The topological polar surface area (TPSA) is 90.2 Å². The zero-order chi connectivity index (χ0) is 17.6. The van der Waals surface area contributed by atoms with Crippen molar-refractivity contribution >= 4 is 39.2 Å². The Kier molecular flexibility index (Phi) is 3.81. The van der Waals surface area contributed by atoms with Crippen LogP contribution in [-0.4, -0.2) is 37.5 Å². The third-order valence-corrected chi connectivity index (χ3v) is 5.89. The fourth-order valence-electron chi connectivity index (χ4n) is 3.11. The molecule has 126 valence electrons. The number of nitrogens with zero attached hydrogens (tertiary/aromatic N) is 5. The van der Waals surface area contributed by atoms with Crippen molar-refractivity contribution in [1.82, 2.24) is 20.0 Å². The van der Waals surface area contributed by atoms with Gasteiger partial charge in [-0.3, -0.25) is 9.69 Å². The van der Waals surface area contributed by atoms with Crippen LogP contribution in [0.15, 0.2) is 28.2 Å². The van der Waals surface area contributed by atoms with E-state index in [1.54, 1.807) is 29.2 Å². The van der Waals surface area contributed by atoms with Crippen LogP contribution >= 0.6 is 27.3 Å². The van der Waals surface area contributed by atoms with Gasteiger partial charge in [0, 0.05) is 0 Å². The van der Waals surface area contributed by atoms with Crippen molar-refractivity contribution in [3.63, 3.8) is 0 Å². The van der Waals surface area contributed by atoms with Crippen LogP contribution < -0.4 is 0 Å². The minimum Gasteiger partial charge on any atom is -0.303 e. The second kappa shape index (κ2) is 5.89. The Balaban J connectivity index is 1.61. The molecule has 1 saturated heterocycles. The van der Waals surface area contributed by atoms with Gasteiger partial charge in [0.05, 0.1) is 24.7 Å². The molecule has 2 heterocycles. The van der Waals surface area contributed by atoms with Crippen molar-refractivity contribution in [1.29, 1.82) is 5.26 Å². The number of aromatic nitrogens is 2. The van der Waals surface area contributed by atoms with E-state index in [0.717, 1.165) is 0 Å². The number of urea groups is 1. The zero-order valence-corrected chi connectivity index (χ0v) is 15.4. The maximum atomic E-state index is 12.9. The molecule has 1 aliphatic carbocycles. The summed E-state index contributed by atoms with van der Waals surface area (Å²) in [6.45, 7) is 0.379. The molecule has 1 spiro atoms. The lowest BCUT2D eigenvalue weighted by Gasteiger charge is -2.19. The summed E-state index contributed by atoms with van der Waals surface area (Å²) in [5.41, 5.74) is 0.402. The van der Waals surface area contributed by atoms with Gasteiger partial charge >= 0.3 is 6.03 Å². The van der Waals surface area contributed by atoms with E-state index in [0.29, 0.717) is 32.9 Å². The van der Waals surface area contributed by atoms with Crippen molar-refractivity contribution in [2.45, 2.75) is 31.5 Å². The number of carbonyl (C=O) groups is 2. The summed E-state index contributed by atoms with van der Waals surface area (Å²) in [7, 11) is 0. The van der Waals surface area contributed by atoms with Crippen LogP contribution in [-0.2, 0) is 17.9 Å². The Bertz CT molecular complexity index is 917. The molecule has 1 aromatic heterocycles. The lowest BCUT2D eigenvalue weighted by molar-refractivity contribution is -0.129. The smallest absolute Gasteiger partial charge is 0.303 e. The molecule has 25 heavy (non-hydrogen) atoms. The van der Waals surface area contributed by atoms with Gasteiger partial charge in [0.1, 0.15) is 10.5 Å². The number of halogens is 1. The molecule has 4 rings (SSSR count). The van der Waals surface area contributed by atoms with Gasteiger partial charge in [0.15, 0.2) is 3.92 Å². The second-order valence-electron chi connectivity index (χ2n) is 6.01. The Morgan fingerprint density at radius 2 is 2.00 bits per heavy atom. The third kappa shape index (κ3) is 2.62. The highest BCUT2D eigenvalue weighted by molar-refractivity contribution is 9.11. The summed E-state index contributed by atoms with van der Waals surface area (Å²) in [6, 6.07) is 8.78. The van der Waals surface area contributed by atoms with Crippen LogP contribution in [0, 0.1) is 11.3 Å². The number of hydrogen-bond acceptors (Lipinski definition) is 6. The third-order valence-electron chi connectivity index (χ3n) is 4.55. The van der Waals surface area contributed by atoms with E-state index < -0.39 is 5.54 Å². The second-order valence-corrected chi connectivity index (χ2v) is 8.35. The summed E-state index contributed by atoms with van der Waals surface area (Å²) in [4.78, 5) is 28.6. The summed E-state index contributed by atoms with van der Waals surface area (Å²) in [5, 5.41) is 17.8. The number of imide groups is 1. The molecule has 7 nitrogen and oxygen atoms in total. The number of rotatable bonds is 4. The van der Waals surface area contributed by atoms with Crippen molar-refractivity contribution in [3.05, 3.63) is 44.3 Å². The molecule has 9 heteroatoms. The lowest BCUT2D eigenvalue weighted by Crippen LogP contribution is -2.36. The Hall–Kier alpha value is -2.31. The molecule has 1 aromatic carbocycles. The molecule has 1 saturated carbocycles. The van der Waals surface area contributed by atoms with Gasteiger partial charge < -0.3 is 4.90 Å². The minimum atomic E-state index is -0.739. The van der Waals surface area contributed by atoms with Crippen LogP contribution in [0.4, 0.5) is 4.79 Å². The highest BCUT2D eigenvalue weighted by Crippen LogP contribution is 2.49. The van der Waals surface area contributed by atoms with Crippen molar-refractivity contribution in [2.75, 3.05) is 0 Å². The Morgan fingerprint density at radius 1 is 1.24 bits per heavy atom. The predicted molar refractivity (Wildman–Crippen MR) is 92.2 cm³/mol.